The van der Waals surface area contributed by atoms with E-state index in [4.69, 9.17) is 17.3 Å². The molecule has 0 saturated carbocycles. The fourth-order valence-electron chi connectivity index (χ4n) is 2.41. The summed E-state index contributed by atoms with van der Waals surface area (Å²) in [5.74, 6) is 0. The first kappa shape index (κ1) is 15.1. The third kappa shape index (κ3) is 3.84. The van der Waals surface area contributed by atoms with Crippen molar-refractivity contribution in [2.75, 3.05) is 0 Å². The minimum atomic E-state index is -0.118. The van der Waals surface area contributed by atoms with Crippen LogP contribution < -0.4 is 5.73 Å². The molecule has 1 unspecified atom stereocenters. The quantitative estimate of drug-likeness (QED) is 0.819. The molecule has 0 saturated heterocycles. The van der Waals surface area contributed by atoms with Crippen LogP contribution in [-0.2, 0) is 6.42 Å². The second kappa shape index (κ2) is 6.92. The van der Waals surface area contributed by atoms with Gasteiger partial charge < -0.3 is 5.73 Å². The highest BCUT2D eigenvalue weighted by molar-refractivity contribution is 6.30. The van der Waals surface area contributed by atoms with Crippen LogP contribution in [0.3, 0.4) is 0 Å². The Bertz CT molecular complexity index is 540. The van der Waals surface area contributed by atoms with Gasteiger partial charge in [0.2, 0.25) is 0 Å². The van der Waals surface area contributed by atoms with Crippen LogP contribution in [0.25, 0.3) is 0 Å². The van der Waals surface area contributed by atoms with Crippen molar-refractivity contribution in [2.45, 2.75) is 39.2 Å². The van der Waals surface area contributed by atoms with Crippen molar-refractivity contribution in [2.24, 2.45) is 5.73 Å². The molecule has 106 valence electrons. The monoisotopic (exact) mass is 287 g/mol. The Kier molecular flexibility index (Phi) is 5.22. The van der Waals surface area contributed by atoms with Gasteiger partial charge in [0.15, 0.2) is 0 Å². The number of benzene rings is 2. The minimum Gasteiger partial charge on any atom is -0.320 e. The topological polar surface area (TPSA) is 26.0 Å². The molecule has 0 aliphatic carbocycles. The van der Waals surface area contributed by atoms with Crippen LogP contribution in [0.2, 0.25) is 5.02 Å². The Morgan fingerprint density at radius 1 is 1.05 bits per heavy atom. The minimum absolute atomic E-state index is 0.118. The molecule has 1 nitrogen and oxygen atoms in total. The normalized spacial score (nSPS) is 12.4. The second-order valence-corrected chi connectivity index (χ2v) is 5.82. The van der Waals surface area contributed by atoms with E-state index in [9.17, 15) is 0 Å². The Morgan fingerprint density at radius 3 is 2.35 bits per heavy atom. The lowest BCUT2D eigenvalue weighted by atomic mass is 9.96. The van der Waals surface area contributed by atoms with Gasteiger partial charge in [-0.2, -0.15) is 0 Å². The van der Waals surface area contributed by atoms with Gasteiger partial charge in [-0.1, -0.05) is 55.3 Å². The lowest BCUT2D eigenvalue weighted by Gasteiger charge is -2.14. The van der Waals surface area contributed by atoms with Gasteiger partial charge in [0.25, 0.3) is 0 Å². The zero-order chi connectivity index (χ0) is 14.5. The van der Waals surface area contributed by atoms with E-state index in [1.807, 2.05) is 19.1 Å². The van der Waals surface area contributed by atoms with E-state index in [1.165, 1.54) is 18.4 Å². The first-order chi connectivity index (χ1) is 9.60. The van der Waals surface area contributed by atoms with Gasteiger partial charge in [-0.05, 0) is 54.2 Å². The largest absolute Gasteiger partial charge is 0.320 e. The number of nitrogens with two attached hydrogens (primary N) is 1. The van der Waals surface area contributed by atoms with Crippen LogP contribution in [0.1, 0.15) is 48.1 Å². The maximum atomic E-state index is 6.35. The van der Waals surface area contributed by atoms with Crippen LogP contribution in [0.5, 0.6) is 0 Å². The van der Waals surface area contributed by atoms with E-state index >= 15 is 0 Å². The SMILES string of the molecule is CCCCc1ccc(C(N)c2cc(C)cc(Cl)c2)cc1. The highest BCUT2D eigenvalue weighted by Crippen LogP contribution is 2.24. The van der Waals surface area contributed by atoms with Crippen molar-refractivity contribution < 1.29 is 0 Å². The molecular formula is C18H22ClN. The third-order valence-electron chi connectivity index (χ3n) is 3.58. The average Bonchev–Trinajstić information content (AvgIpc) is 2.44. The predicted octanol–water partition coefficient (Wildman–Crippen LogP) is 5.04. The number of halogens is 1. The molecule has 0 bridgehead atoms. The molecule has 2 heteroatoms. The van der Waals surface area contributed by atoms with Crippen molar-refractivity contribution in [1.29, 1.82) is 0 Å². The lowest BCUT2D eigenvalue weighted by Crippen LogP contribution is -2.12. The van der Waals surface area contributed by atoms with Gasteiger partial charge in [-0.15, -0.1) is 0 Å². The molecule has 0 fully saturated rings. The average molecular weight is 288 g/mol. The van der Waals surface area contributed by atoms with Crippen LogP contribution in [-0.4, -0.2) is 0 Å². The molecule has 2 rings (SSSR count). The van der Waals surface area contributed by atoms with Gasteiger partial charge in [0, 0.05) is 5.02 Å². The number of rotatable bonds is 5. The third-order valence-corrected chi connectivity index (χ3v) is 3.80. The molecule has 2 aromatic rings. The number of aryl methyl sites for hydroxylation is 2. The fourth-order valence-corrected chi connectivity index (χ4v) is 2.71. The van der Waals surface area contributed by atoms with Gasteiger partial charge in [0.05, 0.1) is 6.04 Å². The summed E-state index contributed by atoms with van der Waals surface area (Å²) in [6.07, 6.45) is 3.60. The summed E-state index contributed by atoms with van der Waals surface area (Å²) in [6, 6.07) is 14.5. The molecule has 2 N–H and O–H groups in total. The molecule has 2 aromatic carbocycles. The Labute approximate surface area is 126 Å². The summed E-state index contributed by atoms with van der Waals surface area (Å²) in [5.41, 5.74) is 11.1. The zero-order valence-corrected chi connectivity index (χ0v) is 13.0. The Balaban J connectivity index is 2.17. The maximum Gasteiger partial charge on any atom is 0.0552 e. The Hall–Kier alpha value is -1.31. The molecule has 0 aliphatic heterocycles. The van der Waals surface area contributed by atoms with Gasteiger partial charge in [0.1, 0.15) is 0 Å². The predicted molar refractivity (Wildman–Crippen MR) is 87.3 cm³/mol. The summed E-state index contributed by atoms with van der Waals surface area (Å²) in [6.45, 7) is 4.25. The fraction of sp³-hybridized carbons (Fsp3) is 0.333. The van der Waals surface area contributed by atoms with Crippen molar-refractivity contribution >= 4 is 11.6 Å². The van der Waals surface area contributed by atoms with Crippen molar-refractivity contribution in [3.8, 4) is 0 Å². The number of unbranched alkanes of at least 4 members (excludes halogenated alkanes) is 1. The highest BCUT2D eigenvalue weighted by Gasteiger charge is 2.10. The molecule has 0 amide bonds. The maximum absolute atomic E-state index is 6.35. The second-order valence-electron chi connectivity index (χ2n) is 5.38. The Morgan fingerprint density at radius 2 is 1.75 bits per heavy atom. The number of hydrogen-bond donors (Lipinski definition) is 1. The van der Waals surface area contributed by atoms with Crippen LogP contribution >= 0.6 is 11.6 Å². The zero-order valence-electron chi connectivity index (χ0n) is 12.2. The number of hydrogen-bond acceptors (Lipinski definition) is 1. The van der Waals surface area contributed by atoms with E-state index < -0.39 is 0 Å². The van der Waals surface area contributed by atoms with Crippen LogP contribution in [0.15, 0.2) is 42.5 Å². The van der Waals surface area contributed by atoms with E-state index in [-0.39, 0.29) is 6.04 Å². The van der Waals surface area contributed by atoms with Crippen LogP contribution in [0.4, 0.5) is 0 Å². The highest BCUT2D eigenvalue weighted by atomic mass is 35.5. The summed E-state index contributed by atoms with van der Waals surface area (Å²) < 4.78 is 0. The first-order valence-electron chi connectivity index (χ1n) is 7.21. The standard InChI is InChI=1S/C18H22ClN/c1-3-4-5-14-6-8-15(9-7-14)18(20)16-10-13(2)11-17(19)12-16/h6-12,18H,3-5,20H2,1-2H3. The van der Waals surface area contributed by atoms with E-state index in [1.54, 1.807) is 0 Å². The summed E-state index contributed by atoms with van der Waals surface area (Å²) in [5, 5.41) is 0.745. The lowest BCUT2D eigenvalue weighted by molar-refractivity contribution is 0.793. The summed E-state index contributed by atoms with van der Waals surface area (Å²) in [7, 11) is 0. The molecule has 0 heterocycles. The molecule has 1 atom stereocenters. The molecule has 0 spiro atoms. The molecule has 0 radical (unpaired) electrons. The smallest absolute Gasteiger partial charge is 0.0552 e. The van der Waals surface area contributed by atoms with E-state index in [0.29, 0.717) is 0 Å². The first-order valence-corrected chi connectivity index (χ1v) is 7.59. The van der Waals surface area contributed by atoms with Crippen molar-refractivity contribution in [3.05, 3.63) is 69.7 Å². The van der Waals surface area contributed by atoms with Gasteiger partial charge in [-0.25, -0.2) is 0 Å². The molecule has 0 aromatic heterocycles. The van der Waals surface area contributed by atoms with Gasteiger partial charge in [-0.3, -0.25) is 0 Å². The molecular weight excluding hydrogens is 266 g/mol. The van der Waals surface area contributed by atoms with E-state index in [0.717, 1.165) is 28.1 Å². The summed E-state index contributed by atoms with van der Waals surface area (Å²) >= 11 is 6.11. The van der Waals surface area contributed by atoms with E-state index in [2.05, 4.69) is 37.3 Å². The molecule has 0 aliphatic rings. The van der Waals surface area contributed by atoms with Crippen molar-refractivity contribution in [1.82, 2.24) is 0 Å². The van der Waals surface area contributed by atoms with Crippen LogP contribution in [0, 0.1) is 6.92 Å². The van der Waals surface area contributed by atoms with Gasteiger partial charge >= 0.3 is 0 Å². The summed E-state index contributed by atoms with van der Waals surface area (Å²) in [4.78, 5) is 0. The van der Waals surface area contributed by atoms with Crippen molar-refractivity contribution in [3.63, 3.8) is 0 Å². The molecule has 20 heavy (non-hydrogen) atoms.